The molecule has 0 aliphatic rings. The summed E-state index contributed by atoms with van der Waals surface area (Å²) in [5.74, 6) is 0.350. The fraction of sp³-hybridized carbons (Fsp3) is 0. The Morgan fingerprint density at radius 1 is 1.05 bits per heavy atom. The molecule has 19 heavy (non-hydrogen) atoms. The number of thiophene rings is 1. The van der Waals surface area contributed by atoms with Crippen LogP contribution in [0.4, 0.5) is 17.2 Å². The van der Waals surface area contributed by atoms with Crippen molar-refractivity contribution in [3.63, 3.8) is 0 Å². The van der Waals surface area contributed by atoms with E-state index in [-0.39, 0.29) is 0 Å². The number of anilines is 1. The topological polar surface area (TPSA) is 79.4 Å². The average Bonchev–Trinajstić information content (AvgIpc) is 3.07. The average molecular weight is 269 g/mol. The zero-order chi connectivity index (χ0) is 13.1. The second-order valence-corrected chi connectivity index (χ2v) is 4.79. The van der Waals surface area contributed by atoms with Crippen LogP contribution in [0.3, 0.4) is 0 Å². The molecule has 0 fully saturated rings. The maximum Gasteiger partial charge on any atom is 0.173 e. The number of nitrogens with two attached hydrogens (primary N) is 1. The number of aromatic nitrogens is 2. The molecule has 0 unspecified atom stereocenters. The summed E-state index contributed by atoms with van der Waals surface area (Å²) in [6.45, 7) is 0. The Kier molecular flexibility index (Phi) is 3.07. The molecule has 0 amide bonds. The zero-order valence-electron chi connectivity index (χ0n) is 9.95. The molecule has 6 heteroatoms. The summed E-state index contributed by atoms with van der Waals surface area (Å²) in [6, 6.07) is 13.5. The molecule has 1 aromatic carbocycles. The van der Waals surface area contributed by atoms with Crippen LogP contribution >= 0.6 is 11.3 Å². The zero-order valence-corrected chi connectivity index (χ0v) is 10.8. The van der Waals surface area contributed by atoms with Gasteiger partial charge in [0.15, 0.2) is 11.5 Å². The Bertz CT molecular complexity index is 685. The lowest BCUT2D eigenvalue weighted by Crippen LogP contribution is -1.83. The van der Waals surface area contributed by atoms with Gasteiger partial charge in [-0.3, -0.25) is 5.10 Å². The number of H-pyrrole nitrogens is 1. The molecule has 0 bridgehead atoms. The number of hydrogen-bond donors (Lipinski definition) is 2. The molecule has 94 valence electrons. The Hall–Kier alpha value is -2.47. The smallest absolute Gasteiger partial charge is 0.173 e. The second-order valence-electron chi connectivity index (χ2n) is 3.85. The quantitative estimate of drug-likeness (QED) is 0.701. The third-order valence-electron chi connectivity index (χ3n) is 2.56. The highest BCUT2D eigenvalue weighted by molar-refractivity contribution is 7.13. The number of aromatic amines is 1. The lowest BCUT2D eigenvalue weighted by molar-refractivity contribution is 1.11. The first kappa shape index (κ1) is 11.6. The van der Waals surface area contributed by atoms with Crippen LogP contribution in [-0.4, -0.2) is 10.2 Å². The van der Waals surface area contributed by atoms with E-state index < -0.39 is 0 Å². The standard InChI is InChI=1S/C13H11N5S/c14-13-12(17-15-9-5-2-1-3-6-9)11(16-18-13)10-7-4-8-19-10/h1-8H,(H3,14,16,18). The lowest BCUT2D eigenvalue weighted by atomic mass is 10.3. The first-order valence-electron chi connectivity index (χ1n) is 5.69. The van der Waals surface area contributed by atoms with Gasteiger partial charge in [0.1, 0.15) is 5.69 Å². The van der Waals surface area contributed by atoms with Crippen molar-refractivity contribution in [2.45, 2.75) is 0 Å². The van der Waals surface area contributed by atoms with Crippen molar-refractivity contribution in [3.8, 4) is 10.6 Å². The molecule has 0 radical (unpaired) electrons. The predicted octanol–water partition coefficient (Wildman–Crippen LogP) is 4.14. The van der Waals surface area contributed by atoms with Crippen molar-refractivity contribution in [1.29, 1.82) is 0 Å². The summed E-state index contributed by atoms with van der Waals surface area (Å²) in [5, 5.41) is 17.3. The second kappa shape index (κ2) is 5.03. The Balaban J connectivity index is 1.97. The maximum atomic E-state index is 5.82. The van der Waals surface area contributed by atoms with Crippen molar-refractivity contribution in [1.82, 2.24) is 10.2 Å². The van der Waals surface area contributed by atoms with Crippen molar-refractivity contribution >= 4 is 28.5 Å². The van der Waals surface area contributed by atoms with Crippen LogP contribution in [0.1, 0.15) is 0 Å². The van der Waals surface area contributed by atoms with E-state index in [0.29, 0.717) is 11.5 Å². The molecule has 0 saturated carbocycles. The van der Waals surface area contributed by atoms with Gasteiger partial charge >= 0.3 is 0 Å². The number of azo groups is 1. The molecule has 0 aliphatic carbocycles. The van der Waals surface area contributed by atoms with Crippen LogP contribution < -0.4 is 5.73 Å². The van der Waals surface area contributed by atoms with Gasteiger partial charge in [-0.15, -0.1) is 16.5 Å². The number of rotatable bonds is 3. The molecule has 0 atom stereocenters. The number of hydrogen-bond acceptors (Lipinski definition) is 5. The van der Waals surface area contributed by atoms with E-state index in [1.807, 2.05) is 47.8 Å². The van der Waals surface area contributed by atoms with Gasteiger partial charge < -0.3 is 5.73 Å². The minimum absolute atomic E-state index is 0.350. The summed E-state index contributed by atoms with van der Waals surface area (Å²) >= 11 is 1.60. The third kappa shape index (κ3) is 2.38. The fourth-order valence-corrected chi connectivity index (χ4v) is 2.37. The van der Waals surface area contributed by atoms with Gasteiger partial charge in [-0.05, 0) is 23.6 Å². The third-order valence-corrected chi connectivity index (χ3v) is 3.44. The van der Waals surface area contributed by atoms with E-state index in [1.165, 1.54) is 0 Å². The summed E-state index contributed by atoms with van der Waals surface area (Å²) < 4.78 is 0. The van der Waals surface area contributed by atoms with Crippen LogP contribution in [0.15, 0.2) is 58.1 Å². The highest BCUT2D eigenvalue weighted by atomic mass is 32.1. The van der Waals surface area contributed by atoms with E-state index in [2.05, 4.69) is 20.4 Å². The molecular weight excluding hydrogens is 258 g/mol. The monoisotopic (exact) mass is 269 g/mol. The van der Waals surface area contributed by atoms with E-state index in [9.17, 15) is 0 Å². The van der Waals surface area contributed by atoms with Gasteiger partial charge in [0.25, 0.3) is 0 Å². The number of nitrogens with one attached hydrogen (secondary N) is 1. The molecule has 0 saturated heterocycles. The van der Waals surface area contributed by atoms with Crippen LogP contribution in [0.25, 0.3) is 10.6 Å². The minimum atomic E-state index is 0.350. The van der Waals surface area contributed by atoms with E-state index in [0.717, 1.165) is 16.3 Å². The van der Waals surface area contributed by atoms with Gasteiger partial charge in [0, 0.05) is 0 Å². The van der Waals surface area contributed by atoms with Gasteiger partial charge in [-0.1, -0.05) is 24.3 Å². The van der Waals surface area contributed by atoms with Gasteiger partial charge in [-0.25, -0.2) is 0 Å². The van der Waals surface area contributed by atoms with Crippen LogP contribution in [0.2, 0.25) is 0 Å². The molecule has 2 heterocycles. The van der Waals surface area contributed by atoms with Crippen molar-refractivity contribution in [3.05, 3.63) is 47.8 Å². The Morgan fingerprint density at radius 2 is 1.89 bits per heavy atom. The minimum Gasteiger partial charge on any atom is -0.380 e. The van der Waals surface area contributed by atoms with Crippen molar-refractivity contribution in [2.24, 2.45) is 10.2 Å². The number of nitrogen functional groups attached to an aromatic ring is 1. The lowest BCUT2D eigenvalue weighted by Gasteiger charge is -1.95. The first-order chi connectivity index (χ1) is 9.34. The molecule has 3 aromatic rings. The normalized spacial score (nSPS) is 11.2. The fourth-order valence-electron chi connectivity index (χ4n) is 1.65. The summed E-state index contributed by atoms with van der Waals surface area (Å²) in [6.07, 6.45) is 0. The summed E-state index contributed by atoms with van der Waals surface area (Å²) in [5.41, 5.74) is 7.97. The van der Waals surface area contributed by atoms with E-state index >= 15 is 0 Å². The highest BCUT2D eigenvalue weighted by Crippen LogP contribution is 2.36. The van der Waals surface area contributed by atoms with Crippen molar-refractivity contribution in [2.75, 3.05) is 5.73 Å². The van der Waals surface area contributed by atoms with Crippen LogP contribution in [0.5, 0.6) is 0 Å². The van der Waals surface area contributed by atoms with E-state index in [1.54, 1.807) is 11.3 Å². The molecule has 3 N–H and O–H groups in total. The molecule has 0 aliphatic heterocycles. The Labute approximate surface area is 113 Å². The summed E-state index contributed by atoms with van der Waals surface area (Å²) in [7, 11) is 0. The molecule has 2 aromatic heterocycles. The number of benzene rings is 1. The largest absolute Gasteiger partial charge is 0.380 e. The predicted molar refractivity (Wildman–Crippen MR) is 76.9 cm³/mol. The van der Waals surface area contributed by atoms with Gasteiger partial charge in [0.05, 0.1) is 10.6 Å². The van der Waals surface area contributed by atoms with Gasteiger partial charge in [0.2, 0.25) is 0 Å². The van der Waals surface area contributed by atoms with E-state index in [4.69, 9.17) is 5.73 Å². The first-order valence-corrected chi connectivity index (χ1v) is 6.57. The summed E-state index contributed by atoms with van der Waals surface area (Å²) in [4.78, 5) is 1.03. The molecule has 0 spiro atoms. The Morgan fingerprint density at radius 3 is 2.63 bits per heavy atom. The van der Waals surface area contributed by atoms with Gasteiger partial charge in [-0.2, -0.15) is 10.2 Å². The molecular formula is C13H11N5S. The maximum absolute atomic E-state index is 5.82. The number of nitrogens with zero attached hydrogens (tertiary/aromatic N) is 3. The molecule has 5 nitrogen and oxygen atoms in total. The van der Waals surface area contributed by atoms with Crippen LogP contribution in [0, 0.1) is 0 Å². The molecule has 3 rings (SSSR count). The van der Waals surface area contributed by atoms with Crippen molar-refractivity contribution < 1.29 is 0 Å². The highest BCUT2D eigenvalue weighted by Gasteiger charge is 2.12. The SMILES string of the molecule is Nc1n[nH]c(-c2cccs2)c1N=Nc1ccccc1. The van der Waals surface area contributed by atoms with Crippen LogP contribution in [-0.2, 0) is 0 Å².